The van der Waals surface area contributed by atoms with Gasteiger partial charge in [0.1, 0.15) is 11.4 Å². The smallest absolute Gasteiger partial charge is 0.256 e. The van der Waals surface area contributed by atoms with Crippen molar-refractivity contribution in [2.45, 2.75) is 25.4 Å². The summed E-state index contributed by atoms with van der Waals surface area (Å²) < 4.78 is 0. The molecule has 0 radical (unpaired) electrons. The number of piperidine rings is 1. The number of nitrogens with zero attached hydrogens (tertiary/aromatic N) is 3. The molecule has 3 aromatic rings. The van der Waals surface area contributed by atoms with E-state index < -0.39 is 5.60 Å². The predicted octanol–water partition coefficient (Wildman–Crippen LogP) is 3.57. The first-order chi connectivity index (χ1) is 14.1. The van der Waals surface area contributed by atoms with Crippen molar-refractivity contribution in [2.24, 2.45) is 5.92 Å². The average Bonchev–Trinajstić information content (AvgIpc) is 2.80. The molecule has 0 saturated carbocycles. The van der Waals surface area contributed by atoms with E-state index in [1.54, 1.807) is 19.3 Å². The standard InChI is InChI=1S/C24H25N3O2/c1-18-25-16-19(17-26-18)23(28)27-14-12-22(13-15-27)24(29,20-8-4-2-5-9-20)21-10-6-3-7-11-21/h2-11,16-17,22,29H,12-15H2,1H3. The molecule has 29 heavy (non-hydrogen) atoms. The van der Waals surface area contributed by atoms with E-state index in [9.17, 15) is 9.90 Å². The lowest BCUT2D eigenvalue weighted by molar-refractivity contribution is -0.0122. The number of carbonyl (C=O) groups is 1. The number of rotatable bonds is 4. The van der Waals surface area contributed by atoms with E-state index in [-0.39, 0.29) is 11.8 Å². The van der Waals surface area contributed by atoms with Crippen LogP contribution in [-0.2, 0) is 5.60 Å². The van der Waals surface area contributed by atoms with E-state index in [4.69, 9.17) is 0 Å². The van der Waals surface area contributed by atoms with Crippen molar-refractivity contribution in [1.29, 1.82) is 0 Å². The van der Waals surface area contributed by atoms with Crippen LogP contribution >= 0.6 is 0 Å². The number of likely N-dealkylation sites (tertiary alicyclic amines) is 1. The molecule has 1 aliphatic heterocycles. The summed E-state index contributed by atoms with van der Waals surface area (Å²) in [6, 6.07) is 19.7. The minimum absolute atomic E-state index is 0.0191. The number of amides is 1. The highest BCUT2D eigenvalue weighted by Crippen LogP contribution is 2.42. The molecule has 2 heterocycles. The van der Waals surface area contributed by atoms with Crippen LogP contribution in [0.15, 0.2) is 73.1 Å². The zero-order valence-electron chi connectivity index (χ0n) is 16.5. The predicted molar refractivity (Wildman–Crippen MR) is 111 cm³/mol. The number of benzene rings is 2. The Kier molecular flexibility index (Phi) is 5.41. The molecule has 0 aliphatic carbocycles. The van der Waals surface area contributed by atoms with Gasteiger partial charge in [-0.15, -0.1) is 0 Å². The van der Waals surface area contributed by atoms with Crippen molar-refractivity contribution < 1.29 is 9.90 Å². The van der Waals surface area contributed by atoms with Gasteiger partial charge >= 0.3 is 0 Å². The molecule has 1 aliphatic rings. The lowest BCUT2D eigenvalue weighted by Gasteiger charge is -2.42. The molecule has 5 nitrogen and oxygen atoms in total. The fraction of sp³-hybridized carbons (Fsp3) is 0.292. The van der Waals surface area contributed by atoms with Gasteiger partial charge in [-0.05, 0) is 36.8 Å². The Morgan fingerprint density at radius 2 is 1.41 bits per heavy atom. The van der Waals surface area contributed by atoms with Gasteiger partial charge in [0, 0.05) is 25.5 Å². The molecule has 1 fully saturated rings. The van der Waals surface area contributed by atoms with Crippen molar-refractivity contribution in [1.82, 2.24) is 14.9 Å². The number of aromatic nitrogens is 2. The normalized spacial score (nSPS) is 15.3. The van der Waals surface area contributed by atoms with Crippen LogP contribution in [0.2, 0.25) is 0 Å². The quantitative estimate of drug-likeness (QED) is 0.743. The van der Waals surface area contributed by atoms with Gasteiger partial charge in [0.15, 0.2) is 0 Å². The number of hydrogen-bond donors (Lipinski definition) is 1. The van der Waals surface area contributed by atoms with E-state index in [0.29, 0.717) is 24.5 Å². The maximum atomic E-state index is 12.8. The van der Waals surface area contributed by atoms with Crippen LogP contribution in [0.25, 0.3) is 0 Å². The molecule has 0 atom stereocenters. The summed E-state index contributed by atoms with van der Waals surface area (Å²) in [6.07, 6.45) is 4.61. The van der Waals surface area contributed by atoms with Crippen LogP contribution in [0.3, 0.4) is 0 Å². The summed E-state index contributed by atoms with van der Waals surface area (Å²) in [5.41, 5.74) is 1.21. The molecule has 0 bridgehead atoms. The fourth-order valence-electron chi connectivity index (χ4n) is 4.21. The van der Waals surface area contributed by atoms with E-state index in [1.807, 2.05) is 65.6 Å². The second-order valence-corrected chi connectivity index (χ2v) is 7.58. The van der Waals surface area contributed by atoms with Crippen molar-refractivity contribution in [2.75, 3.05) is 13.1 Å². The van der Waals surface area contributed by atoms with E-state index in [2.05, 4.69) is 9.97 Å². The summed E-state index contributed by atoms with van der Waals surface area (Å²) in [7, 11) is 0. The highest BCUT2D eigenvalue weighted by Gasteiger charge is 2.42. The summed E-state index contributed by atoms with van der Waals surface area (Å²) in [5, 5.41) is 11.9. The molecule has 5 heteroatoms. The Morgan fingerprint density at radius 1 is 0.931 bits per heavy atom. The highest BCUT2D eigenvalue weighted by molar-refractivity contribution is 5.93. The third-order valence-corrected chi connectivity index (χ3v) is 5.83. The van der Waals surface area contributed by atoms with Gasteiger partial charge in [0.2, 0.25) is 0 Å². The lowest BCUT2D eigenvalue weighted by Crippen LogP contribution is -2.46. The summed E-state index contributed by atoms with van der Waals surface area (Å²) in [4.78, 5) is 22.9. The number of aliphatic hydroxyl groups is 1. The summed E-state index contributed by atoms with van der Waals surface area (Å²) in [5.74, 6) is 0.619. The Morgan fingerprint density at radius 3 is 1.90 bits per heavy atom. The highest BCUT2D eigenvalue weighted by atomic mass is 16.3. The maximum absolute atomic E-state index is 12.8. The molecule has 1 N–H and O–H groups in total. The van der Waals surface area contributed by atoms with Gasteiger partial charge in [-0.1, -0.05) is 60.7 Å². The molecular weight excluding hydrogens is 362 g/mol. The number of aryl methyl sites for hydroxylation is 1. The van der Waals surface area contributed by atoms with Crippen LogP contribution in [0.1, 0.15) is 40.2 Å². The monoisotopic (exact) mass is 387 g/mol. The Balaban J connectivity index is 1.56. The molecule has 148 valence electrons. The number of hydrogen-bond acceptors (Lipinski definition) is 4. The zero-order chi connectivity index (χ0) is 20.3. The topological polar surface area (TPSA) is 66.3 Å². The van der Waals surface area contributed by atoms with E-state index in [0.717, 1.165) is 24.0 Å². The third kappa shape index (κ3) is 3.78. The van der Waals surface area contributed by atoms with Crippen LogP contribution < -0.4 is 0 Å². The van der Waals surface area contributed by atoms with Crippen molar-refractivity contribution in [3.63, 3.8) is 0 Å². The first-order valence-corrected chi connectivity index (χ1v) is 10.0. The Bertz CT molecular complexity index is 911. The first kappa shape index (κ1) is 19.3. The first-order valence-electron chi connectivity index (χ1n) is 10.0. The van der Waals surface area contributed by atoms with Gasteiger partial charge in [-0.2, -0.15) is 0 Å². The lowest BCUT2D eigenvalue weighted by atomic mass is 9.72. The van der Waals surface area contributed by atoms with Gasteiger partial charge in [0.05, 0.1) is 5.56 Å². The van der Waals surface area contributed by atoms with Gasteiger partial charge < -0.3 is 10.0 Å². The van der Waals surface area contributed by atoms with Crippen LogP contribution in [0.4, 0.5) is 0 Å². The van der Waals surface area contributed by atoms with Crippen molar-refractivity contribution >= 4 is 5.91 Å². The second kappa shape index (κ2) is 8.13. The molecule has 2 aromatic carbocycles. The Labute approximate surface area is 171 Å². The van der Waals surface area contributed by atoms with Crippen molar-refractivity contribution in [3.05, 3.63) is 95.6 Å². The summed E-state index contributed by atoms with van der Waals surface area (Å²) in [6.45, 7) is 2.99. The van der Waals surface area contributed by atoms with Crippen molar-refractivity contribution in [3.8, 4) is 0 Å². The summed E-state index contributed by atoms with van der Waals surface area (Å²) >= 11 is 0. The third-order valence-electron chi connectivity index (χ3n) is 5.83. The van der Waals surface area contributed by atoms with Crippen LogP contribution in [-0.4, -0.2) is 39.0 Å². The van der Waals surface area contributed by atoms with E-state index in [1.165, 1.54) is 0 Å². The molecule has 1 aromatic heterocycles. The van der Waals surface area contributed by atoms with E-state index >= 15 is 0 Å². The maximum Gasteiger partial charge on any atom is 0.256 e. The minimum Gasteiger partial charge on any atom is -0.380 e. The molecule has 0 spiro atoms. The van der Waals surface area contributed by atoms with Gasteiger partial charge in [-0.3, -0.25) is 4.79 Å². The SMILES string of the molecule is Cc1ncc(C(=O)N2CCC(C(O)(c3ccccc3)c3ccccc3)CC2)cn1. The Hall–Kier alpha value is -3.05. The number of carbonyl (C=O) groups excluding carboxylic acids is 1. The van der Waals surface area contributed by atoms with Gasteiger partial charge in [-0.25, -0.2) is 9.97 Å². The van der Waals surface area contributed by atoms with Crippen LogP contribution in [0, 0.1) is 12.8 Å². The fourth-order valence-corrected chi connectivity index (χ4v) is 4.21. The second-order valence-electron chi connectivity index (χ2n) is 7.58. The molecular formula is C24H25N3O2. The average molecular weight is 387 g/mol. The van der Waals surface area contributed by atoms with Gasteiger partial charge in [0.25, 0.3) is 5.91 Å². The van der Waals surface area contributed by atoms with Crippen LogP contribution in [0.5, 0.6) is 0 Å². The minimum atomic E-state index is -1.08. The molecule has 4 rings (SSSR count). The molecule has 0 unspecified atom stereocenters. The zero-order valence-corrected chi connectivity index (χ0v) is 16.5. The molecule has 1 amide bonds. The largest absolute Gasteiger partial charge is 0.380 e. The molecule has 1 saturated heterocycles.